The van der Waals surface area contributed by atoms with Crippen molar-refractivity contribution in [3.8, 4) is 0 Å². The van der Waals surface area contributed by atoms with Crippen molar-refractivity contribution in [2.24, 2.45) is 11.8 Å². The van der Waals surface area contributed by atoms with Crippen molar-refractivity contribution in [1.29, 1.82) is 0 Å². The largest absolute Gasteiger partial charge is 0.334 e. The quantitative estimate of drug-likeness (QED) is 0.710. The molecular weight excluding hydrogens is 244 g/mol. The molecule has 0 amide bonds. The maximum atomic E-state index is 4.24. The first-order valence-corrected chi connectivity index (χ1v) is 7.73. The molecule has 0 saturated heterocycles. The Kier molecular flexibility index (Phi) is 5.40. The van der Waals surface area contributed by atoms with Crippen molar-refractivity contribution in [2.45, 2.75) is 46.1 Å². The summed E-state index contributed by atoms with van der Waals surface area (Å²) in [6.07, 6.45) is 9.61. The van der Waals surface area contributed by atoms with E-state index in [-0.39, 0.29) is 0 Å². The van der Waals surface area contributed by atoms with Crippen molar-refractivity contribution in [3.63, 3.8) is 0 Å². The molecule has 1 aromatic carbocycles. The Morgan fingerprint density at radius 2 is 1.90 bits per heavy atom. The lowest BCUT2D eigenvalue weighted by Crippen LogP contribution is -2.25. The van der Waals surface area contributed by atoms with E-state index < -0.39 is 0 Å². The normalized spacial score (nSPS) is 14.4. The van der Waals surface area contributed by atoms with Crippen LogP contribution in [0.1, 0.15) is 45.2 Å². The average Bonchev–Trinajstić information content (AvgIpc) is 2.93. The third-order valence-corrected chi connectivity index (χ3v) is 4.04. The molecule has 0 N–H and O–H groups in total. The predicted molar refractivity (Wildman–Crippen MR) is 84.6 cm³/mol. The minimum Gasteiger partial charge on any atom is -0.334 e. The number of aromatic nitrogens is 2. The van der Waals surface area contributed by atoms with Gasteiger partial charge in [-0.1, -0.05) is 57.5 Å². The summed E-state index contributed by atoms with van der Waals surface area (Å²) < 4.78 is 2.30. The maximum Gasteiger partial charge on any atom is 0.0948 e. The third-order valence-electron chi connectivity index (χ3n) is 4.04. The highest BCUT2D eigenvalue weighted by Gasteiger charge is 2.25. The zero-order chi connectivity index (χ0) is 14.4. The zero-order valence-corrected chi connectivity index (χ0v) is 12.9. The highest BCUT2D eigenvalue weighted by molar-refractivity contribution is 5.15. The Hall–Kier alpha value is -1.57. The van der Waals surface area contributed by atoms with E-state index in [2.05, 4.69) is 66.9 Å². The average molecular weight is 270 g/mol. The molecule has 108 valence electrons. The molecule has 2 nitrogen and oxygen atoms in total. The highest BCUT2D eigenvalue weighted by Crippen LogP contribution is 2.32. The molecule has 0 aliphatic carbocycles. The highest BCUT2D eigenvalue weighted by atomic mass is 15.1. The minimum absolute atomic E-state index is 0.526. The van der Waals surface area contributed by atoms with Crippen LogP contribution in [0.25, 0.3) is 0 Å². The fourth-order valence-corrected chi connectivity index (χ4v) is 3.26. The molecule has 0 spiro atoms. The molecule has 2 aromatic rings. The van der Waals surface area contributed by atoms with E-state index in [1.807, 2.05) is 12.5 Å². The molecule has 0 fully saturated rings. The van der Waals surface area contributed by atoms with Crippen LogP contribution in [0, 0.1) is 11.8 Å². The molecule has 0 bridgehead atoms. The minimum atomic E-state index is 0.526. The summed E-state index contributed by atoms with van der Waals surface area (Å²) in [5.74, 6) is 1.28. The summed E-state index contributed by atoms with van der Waals surface area (Å²) in [5.41, 5.74) is 1.44. The van der Waals surface area contributed by atoms with Gasteiger partial charge < -0.3 is 4.57 Å². The lowest BCUT2D eigenvalue weighted by Gasteiger charge is -2.31. The third kappa shape index (κ3) is 3.72. The molecule has 2 rings (SSSR count). The molecule has 1 aromatic heterocycles. The smallest absolute Gasteiger partial charge is 0.0948 e. The number of rotatable bonds is 7. The molecule has 0 saturated carbocycles. The van der Waals surface area contributed by atoms with Crippen LogP contribution in [-0.2, 0) is 6.42 Å². The van der Waals surface area contributed by atoms with Crippen LogP contribution in [0.5, 0.6) is 0 Å². The van der Waals surface area contributed by atoms with Gasteiger partial charge in [-0.05, 0) is 30.2 Å². The van der Waals surface area contributed by atoms with E-state index in [0.29, 0.717) is 17.9 Å². The Morgan fingerprint density at radius 3 is 2.45 bits per heavy atom. The Balaban J connectivity index is 2.21. The summed E-state index contributed by atoms with van der Waals surface area (Å²) >= 11 is 0. The van der Waals surface area contributed by atoms with Crippen LogP contribution in [0.3, 0.4) is 0 Å². The molecule has 2 heteroatoms. The van der Waals surface area contributed by atoms with Crippen LogP contribution >= 0.6 is 0 Å². The SMILES string of the molecule is CCCC(Cc1ccccc1)C(C(C)C)n1ccnc1. The fourth-order valence-electron chi connectivity index (χ4n) is 3.26. The van der Waals surface area contributed by atoms with Gasteiger partial charge in [0.15, 0.2) is 0 Å². The Morgan fingerprint density at radius 1 is 1.15 bits per heavy atom. The molecule has 0 radical (unpaired) electrons. The van der Waals surface area contributed by atoms with Gasteiger partial charge in [0.25, 0.3) is 0 Å². The molecular formula is C18H26N2. The van der Waals surface area contributed by atoms with Crippen LogP contribution in [-0.4, -0.2) is 9.55 Å². The van der Waals surface area contributed by atoms with E-state index in [0.717, 1.165) is 6.42 Å². The van der Waals surface area contributed by atoms with Crippen molar-refractivity contribution >= 4 is 0 Å². The monoisotopic (exact) mass is 270 g/mol. The van der Waals surface area contributed by atoms with Gasteiger partial charge in [-0.25, -0.2) is 4.98 Å². The van der Waals surface area contributed by atoms with Gasteiger partial charge in [0, 0.05) is 18.4 Å². The van der Waals surface area contributed by atoms with Crippen molar-refractivity contribution in [2.75, 3.05) is 0 Å². The van der Waals surface area contributed by atoms with Gasteiger partial charge in [0.05, 0.1) is 6.33 Å². The Labute approximate surface area is 122 Å². The van der Waals surface area contributed by atoms with Gasteiger partial charge in [-0.3, -0.25) is 0 Å². The summed E-state index contributed by atoms with van der Waals surface area (Å²) in [5, 5.41) is 0. The van der Waals surface area contributed by atoms with Gasteiger partial charge in [-0.2, -0.15) is 0 Å². The fraction of sp³-hybridized carbons (Fsp3) is 0.500. The molecule has 1 heterocycles. The van der Waals surface area contributed by atoms with E-state index in [9.17, 15) is 0 Å². The second-order valence-electron chi connectivity index (χ2n) is 5.98. The lowest BCUT2D eigenvalue weighted by atomic mass is 9.82. The summed E-state index contributed by atoms with van der Waals surface area (Å²) in [6, 6.07) is 11.4. The Bertz CT molecular complexity index is 473. The van der Waals surface area contributed by atoms with Gasteiger partial charge in [0.2, 0.25) is 0 Å². The first kappa shape index (κ1) is 14.8. The van der Waals surface area contributed by atoms with Crippen LogP contribution in [0.15, 0.2) is 49.1 Å². The van der Waals surface area contributed by atoms with Gasteiger partial charge >= 0.3 is 0 Å². The van der Waals surface area contributed by atoms with Crippen molar-refractivity contribution in [3.05, 3.63) is 54.6 Å². The van der Waals surface area contributed by atoms with E-state index in [1.54, 1.807) is 0 Å². The summed E-state index contributed by atoms with van der Waals surface area (Å²) in [7, 11) is 0. The standard InChI is InChI=1S/C18H26N2/c1-4-8-17(13-16-9-6-5-7-10-16)18(15(2)3)20-12-11-19-14-20/h5-7,9-12,14-15,17-18H,4,8,13H2,1-3H3. The molecule has 2 unspecified atom stereocenters. The molecule has 20 heavy (non-hydrogen) atoms. The summed E-state index contributed by atoms with van der Waals surface area (Å²) in [4.78, 5) is 4.24. The first-order chi connectivity index (χ1) is 9.72. The van der Waals surface area contributed by atoms with Crippen LogP contribution in [0.4, 0.5) is 0 Å². The van der Waals surface area contributed by atoms with Crippen molar-refractivity contribution < 1.29 is 0 Å². The number of hydrogen-bond donors (Lipinski definition) is 0. The van der Waals surface area contributed by atoms with Crippen LogP contribution in [0.2, 0.25) is 0 Å². The first-order valence-electron chi connectivity index (χ1n) is 7.73. The maximum absolute atomic E-state index is 4.24. The number of hydrogen-bond acceptors (Lipinski definition) is 1. The zero-order valence-electron chi connectivity index (χ0n) is 12.9. The van der Waals surface area contributed by atoms with Gasteiger partial charge in [-0.15, -0.1) is 0 Å². The van der Waals surface area contributed by atoms with Gasteiger partial charge in [0.1, 0.15) is 0 Å². The number of benzene rings is 1. The topological polar surface area (TPSA) is 17.8 Å². The molecule has 0 aliphatic heterocycles. The van der Waals surface area contributed by atoms with Crippen molar-refractivity contribution in [1.82, 2.24) is 9.55 Å². The summed E-state index contributed by atoms with van der Waals surface area (Å²) in [6.45, 7) is 6.92. The second-order valence-corrected chi connectivity index (χ2v) is 5.98. The molecule has 0 aliphatic rings. The van der Waals surface area contributed by atoms with E-state index in [4.69, 9.17) is 0 Å². The predicted octanol–water partition coefficient (Wildman–Crippen LogP) is 4.74. The van der Waals surface area contributed by atoms with Crippen LogP contribution < -0.4 is 0 Å². The van der Waals surface area contributed by atoms with E-state index >= 15 is 0 Å². The second kappa shape index (κ2) is 7.28. The lowest BCUT2D eigenvalue weighted by molar-refractivity contribution is 0.238. The van der Waals surface area contributed by atoms with E-state index in [1.165, 1.54) is 18.4 Å². The number of imidazole rings is 1. The number of nitrogens with zero attached hydrogens (tertiary/aromatic N) is 2. The molecule has 2 atom stereocenters.